The van der Waals surface area contributed by atoms with E-state index in [-0.39, 0.29) is 5.78 Å². The Morgan fingerprint density at radius 3 is 2.85 bits per heavy atom. The normalized spacial score (nSPS) is 10.6. The molecule has 2 aromatic rings. The quantitative estimate of drug-likeness (QED) is 0.601. The van der Waals surface area contributed by atoms with E-state index >= 15 is 0 Å². The maximum absolute atomic E-state index is 11.5. The lowest BCUT2D eigenvalue weighted by Crippen LogP contribution is -1.99. The number of carbonyl (C=O) groups is 1. The summed E-state index contributed by atoms with van der Waals surface area (Å²) in [5.74, 6) is 2.39. The Morgan fingerprint density at radius 2 is 2.25 bits per heavy atom. The smallest absolute Gasteiger partial charge is 0.170 e. The van der Waals surface area contributed by atoms with Crippen LogP contribution in [0.2, 0.25) is 0 Å². The van der Waals surface area contributed by atoms with Gasteiger partial charge in [0.25, 0.3) is 0 Å². The van der Waals surface area contributed by atoms with E-state index < -0.39 is 0 Å². The third-order valence-electron chi connectivity index (χ3n) is 2.63. The zero-order valence-corrected chi connectivity index (χ0v) is 13.3. The van der Waals surface area contributed by atoms with E-state index in [1.54, 1.807) is 24.8 Å². The molecule has 1 heterocycles. The number of hydrogen-bond acceptors (Lipinski definition) is 6. The number of aryl methyl sites for hydroxylation is 1. The van der Waals surface area contributed by atoms with E-state index in [1.807, 2.05) is 26.0 Å². The summed E-state index contributed by atoms with van der Waals surface area (Å²) in [4.78, 5) is 15.8. The topological polar surface area (TPSA) is 52.1 Å². The van der Waals surface area contributed by atoms with Gasteiger partial charge in [0.1, 0.15) is 11.6 Å². The molecule has 0 aliphatic carbocycles. The van der Waals surface area contributed by atoms with Gasteiger partial charge in [-0.3, -0.25) is 4.79 Å². The van der Waals surface area contributed by atoms with Gasteiger partial charge in [0.05, 0.1) is 6.61 Å². The van der Waals surface area contributed by atoms with Gasteiger partial charge >= 0.3 is 0 Å². The molecular formula is C14H16N2O2S2. The van der Waals surface area contributed by atoms with Gasteiger partial charge in [-0.2, -0.15) is 4.37 Å². The highest BCUT2D eigenvalue weighted by atomic mass is 32.2. The number of carbonyl (C=O) groups excluding carboxylic acids is 1. The second-order valence-corrected chi connectivity index (χ2v) is 6.18. The van der Waals surface area contributed by atoms with E-state index in [0.717, 1.165) is 21.5 Å². The maximum Gasteiger partial charge on any atom is 0.170 e. The van der Waals surface area contributed by atoms with Crippen LogP contribution in [0.5, 0.6) is 5.75 Å². The first-order chi connectivity index (χ1) is 9.60. The number of ketones is 1. The Hall–Kier alpha value is -1.40. The van der Waals surface area contributed by atoms with Crippen molar-refractivity contribution in [2.24, 2.45) is 0 Å². The summed E-state index contributed by atoms with van der Waals surface area (Å²) in [6.07, 6.45) is 0. The van der Waals surface area contributed by atoms with Crippen molar-refractivity contribution in [3.8, 4) is 5.75 Å². The molecule has 1 aromatic heterocycles. The van der Waals surface area contributed by atoms with E-state index in [4.69, 9.17) is 4.74 Å². The van der Waals surface area contributed by atoms with Crippen LogP contribution in [0.4, 0.5) is 0 Å². The SMILES string of the molecule is CCOc1ccc(C(C)=O)cc1CSc1nc(C)ns1. The number of Topliss-reactive ketones (excluding diaryl/α,β-unsaturated/α-hetero) is 1. The van der Waals surface area contributed by atoms with Crippen molar-refractivity contribution in [1.29, 1.82) is 0 Å². The molecule has 0 aliphatic rings. The Bertz CT molecular complexity index is 611. The summed E-state index contributed by atoms with van der Waals surface area (Å²) in [6.45, 7) is 6.00. The van der Waals surface area contributed by atoms with Crippen molar-refractivity contribution < 1.29 is 9.53 Å². The molecule has 0 saturated heterocycles. The van der Waals surface area contributed by atoms with E-state index in [1.165, 1.54) is 11.5 Å². The fraction of sp³-hybridized carbons (Fsp3) is 0.357. The predicted octanol–water partition coefficient (Wildman–Crippen LogP) is 3.74. The monoisotopic (exact) mass is 308 g/mol. The van der Waals surface area contributed by atoms with Crippen LogP contribution < -0.4 is 4.74 Å². The lowest BCUT2D eigenvalue weighted by atomic mass is 10.1. The molecule has 0 bridgehead atoms. The fourth-order valence-corrected chi connectivity index (χ4v) is 3.31. The second kappa shape index (κ2) is 6.85. The fourth-order valence-electron chi connectivity index (χ4n) is 1.68. The van der Waals surface area contributed by atoms with Crippen LogP contribution in [0.1, 0.15) is 35.6 Å². The molecule has 6 heteroatoms. The standard InChI is InChI=1S/C14H16N2O2S2/c1-4-18-13-6-5-11(9(2)17)7-12(13)8-19-14-15-10(3)16-20-14/h5-7H,4,8H2,1-3H3. The van der Waals surface area contributed by atoms with Gasteiger partial charge in [-0.05, 0) is 50.5 Å². The van der Waals surface area contributed by atoms with Crippen molar-refractivity contribution in [3.63, 3.8) is 0 Å². The molecule has 0 saturated carbocycles. The van der Waals surface area contributed by atoms with Crippen LogP contribution in [-0.4, -0.2) is 21.7 Å². The maximum atomic E-state index is 11.5. The lowest BCUT2D eigenvalue weighted by Gasteiger charge is -2.10. The Kier molecular flexibility index (Phi) is 5.14. The molecule has 20 heavy (non-hydrogen) atoms. The number of ether oxygens (including phenoxy) is 1. The third kappa shape index (κ3) is 3.80. The minimum atomic E-state index is 0.0612. The van der Waals surface area contributed by atoms with Crippen molar-refractivity contribution >= 4 is 29.1 Å². The van der Waals surface area contributed by atoms with E-state index in [2.05, 4.69) is 9.36 Å². The summed E-state index contributed by atoms with van der Waals surface area (Å²) >= 11 is 3.00. The van der Waals surface area contributed by atoms with Crippen molar-refractivity contribution in [2.45, 2.75) is 30.9 Å². The van der Waals surface area contributed by atoms with E-state index in [9.17, 15) is 4.79 Å². The van der Waals surface area contributed by atoms with Crippen LogP contribution in [0.15, 0.2) is 22.5 Å². The highest BCUT2D eigenvalue weighted by molar-refractivity contribution is 8.00. The van der Waals surface area contributed by atoms with Gasteiger partial charge in [0.2, 0.25) is 0 Å². The van der Waals surface area contributed by atoms with Gasteiger partial charge in [-0.1, -0.05) is 11.8 Å². The first-order valence-electron chi connectivity index (χ1n) is 6.30. The number of thioether (sulfide) groups is 1. The summed E-state index contributed by atoms with van der Waals surface area (Å²) < 4.78 is 10.7. The molecule has 106 valence electrons. The molecule has 0 unspecified atom stereocenters. The second-order valence-electron chi connectivity index (χ2n) is 4.21. The molecule has 0 aliphatic heterocycles. The Labute approximate surface area is 126 Å². The first kappa shape index (κ1) is 15.0. The van der Waals surface area contributed by atoms with Crippen molar-refractivity contribution in [2.75, 3.05) is 6.61 Å². The van der Waals surface area contributed by atoms with Crippen LogP contribution in [0.3, 0.4) is 0 Å². The first-order valence-corrected chi connectivity index (χ1v) is 8.05. The predicted molar refractivity (Wildman–Crippen MR) is 81.8 cm³/mol. The Balaban J connectivity index is 2.18. The molecule has 0 radical (unpaired) electrons. The average molecular weight is 308 g/mol. The van der Waals surface area contributed by atoms with Gasteiger partial charge in [-0.15, -0.1) is 0 Å². The lowest BCUT2D eigenvalue weighted by molar-refractivity contribution is 0.101. The number of benzene rings is 1. The molecular weight excluding hydrogens is 292 g/mol. The molecule has 2 rings (SSSR count). The van der Waals surface area contributed by atoms with Crippen molar-refractivity contribution in [3.05, 3.63) is 35.2 Å². The zero-order chi connectivity index (χ0) is 14.5. The summed E-state index contributed by atoms with van der Waals surface area (Å²) in [7, 11) is 0. The van der Waals surface area contributed by atoms with Gasteiger partial charge < -0.3 is 4.74 Å². The summed E-state index contributed by atoms with van der Waals surface area (Å²) in [6, 6.07) is 5.56. The highest BCUT2D eigenvalue weighted by Gasteiger charge is 2.10. The van der Waals surface area contributed by atoms with Crippen molar-refractivity contribution in [1.82, 2.24) is 9.36 Å². The number of aromatic nitrogens is 2. The molecule has 0 amide bonds. The third-order valence-corrected chi connectivity index (χ3v) is 4.60. The minimum Gasteiger partial charge on any atom is -0.494 e. The number of nitrogens with zero attached hydrogens (tertiary/aromatic N) is 2. The van der Waals surface area contributed by atoms with Gasteiger partial charge in [0.15, 0.2) is 10.1 Å². The Morgan fingerprint density at radius 1 is 1.45 bits per heavy atom. The van der Waals surface area contributed by atoms with Gasteiger partial charge in [-0.25, -0.2) is 4.98 Å². The number of rotatable bonds is 6. The minimum absolute atomic E-state index is 0.0612. The molecule has 0 atom stereocenters. The molecule has 0 spiro atoms. The zero-order valence-electron chi connectivity index (χ0n) is 11.7. The van der Waals surface area contributed by atoms with E-state index in [0.29, 0.717) is 17.9 Å². The van der Waals surface area contributed by atoms with Crippen LogP contribution in [-0.2, 0) is 5.75 Å². The largest absolute Gasteiger partial charge is 0.494 e. The van der Waals surface area contributed by atoms with Crippen LogP contribution in [0.25, 0.3) is 0 Å². The highest BCUT2D eigenvalue weighted by Crippen LogP contribution is 2.30. The molecule has 0 fully saturated rings. The van der Waals surface area contributed by atoms with Crippen LogP contribution >= 0.6 is 23.3 Å². The molecule has 4 nitrogen and oxygen atoms in total. The van der Waals surface area contributed by atoms with Gasteiger partial charge in [0, 0.05) is 16.9 Å². The number of hydrogen-bond donors (Lipinski definition) is 0. The average Bonchev–Trinajstić information content (AvgIpc) is 2.83. The summed E-state index contributed by atoms with van der Waals surface area (Å²) in [5, 5.41) is 0. The molecule has 1 aromatic carbocycles. The molecule has 0 N–H and O–H groups in total. The summed E-state index contributed by atoms with van der Waals surface area (Å²) in [5.41, 5.74) is 1.72. The van der Waals surface area contributed by atoms with Crippen LogP contribution in [0, 0.1) is 6.92 Å².